The second kappa shape index (κ2) is 17.0. The fourth-order valence-electron chi connectivity index (χ4n) is 6.71. The van der Waals surface area contributed by atoms with E-state index in [4.69, 9.17) is 4.74 Å². The van der Waals surface area contributed by atoms with Crippen molar-refractivity contribution in [2.75, 3.05) is 69.7 Å². The third-order valence-electron chi connectivity index (χ3n) is 10.3. The van der Waals surface area contributed by atoms with Crippen LogP contribution in [0.4, 0.5) is 24.5 Å². The predicted octanol–water partition coefficient (Wildman–Crippen LogP) is 6.98. The summed E-state index contributed by atoms with van der Waals surface area (Å²) in [4.78, 5) is 51.2. The highest BCUT2D eigenvalue weighted by atomic mass is 19.4. The Morgan fingerprint density at radius 2 is 1.56 bits per heavy atom. The number of pyridine rings is 1. The molecular formula is C42H47F3N6O4. The number of rotatable bonds is 11. The fourth-order valence-corrected chi connectivity index (χ4v) is 6.71. The highest BCUT2D eigenvalue weighted by Gasteiger charge is 2.30. The van der Waals surface area contributed by atoms with Gasteiger partial charge in [-0.2, -0.15) is 13.2 Å². The van der Waals surface area contributed by atoms with Gasteiger partial charge in [-0.25, -0.2) is 0 Å². The van der Waals surface area contributed by atoms with Crippen LogP contribution in [-0.2, 0) is 17.5 Å². The molecular weight excluding hydrogens is 709 g/mol. The van der Waals surface area contributed by atoms with Crippen LogP contribution in [0.15, 0.2) is 85.1 Å². The predicted molar refractivity (Wildman–Crippen MR) is 206 cm³/mol. The van der Waals surface area contributed by atoms with Gasteiger partial charge in [0.05, 0.1) is 30.2 Å². The monoisotopic (exact) mass is 756 g/mol. The van der Waals surface area contributed by atoms with Gasteiger partial charge in [-0.3, -0.25) is 24.3 Å². The SMILES string of the molecule is CN(CCN1CCOCC1)C(=O)c1cccc(C(=O)Nc2ccc(N3CCC(C)(C)CC3)cc2-c2cc(C(=O)NCc3cccc(C(F)(F)F)c3)ccn2)c1. The van der Waals surface area contributed by atoms with E-state index in [0.717, 1.165) is 63.4 Å². The van der Waals surface area contributed by atoms with E-state index in [1.54, 1.807) is 42.3 Å². The lowest BCUT2D eigenvalue weighted by atomic mass is 9.82. The van der Waals surface area contributed by atoms with Crippen LogP contribution in [0.2, 0.25) is 0 Å². The Morgan fingerprint density at radius 1 is 0.855 bits per heavy atom. The van der Waals surface area contributed by atoms with Gasteiger partial charge in [0.15, 0.2) is 0 Å². The van der Waals surface area contributed by atoms with Crippen molar-refractivity contribution in [3.8, 4) is 11.3 Å². The van der Waals surface area contributed by atoms with E-state index in [1.165, 1.54) is 24.4 Å². The topological polar surface area (TPSA) is 107 Å². The van der Waals surface area contributed by atoms with E-state index in [-0.39, 0.29) is 23.4 Å². The molecule has 0 unspecified atom stereocenters. The van der Waals surface area contributed by atoms with Crippen LogP contribution in [0, 0.1) is 5.41 Å². The van der Waals surface area contributed by atoms with Crippen LogP contribution in [0.1, 0.15) is 68.9 Å². The molecule has 0 atom stereocenters. The first kappa shape index (κ1) is 39.4. The molecule has 0 saturated carbocycles. The van der Waals surface area contributed by atoms with Crippen molar-refractivity contribution in [3.05, 3.63) is 113 Å². The lowest BCUT2D eigenvalue weighted by molar-refractivity contribution is -0.137. The van der Waals surface area contributed by atoms with Crippen LogP contribution in [-0.4, -0.2) is 92.0 Å². The van der Waals surface area contributed by atoms with E-state index in [0.29, 0.717) is 53.4 Å². The number of aromatic nitrogens is 1. The van der Waals surface area contributed by atoms with Crippen LogP contribution in [0.3, 0.4) is 0 Å². The standard InChI is InChI=1S/C42H47F3N6O4/c1-41(2)13-16-51(17-14-41)34-10-11-36(48-39(53)30-7-5-8-32(25-30)40(54)49(3)18-19-50-20-22-55-23-21-50)35(27-34)37-26-31(12-15-46-37)38(52)47-28-29-6-4-9-33(24-29)42(43,44)45/h4-12,15,24-27H,13-14,16-23,28H2,1-3H3,(H,47,52)(H,48,53). The molecule has 0 radical (unpaired) electrons. The minimum atomic E-state index is -4.49. The Bertz CT molecular complexity index is 2000. The van der Waals surface area contributed by atoms with Gasteiger partial charge in [-0.15, -0.1) is 0 Å². The summed E-state index contributed by atoms with van der Waals surface area (Å²) in [6, 6.07) is 20.3. The van der Waals surface area contributed by atoms with E-state index >= 15 is 0 Å². The Balaban J connectivity index is 1.22. The maximum Gasteiger partial charge on any atom is 0.416 e. The highest BCUT2D eigenvalue weighted by molar-refractivity contribution is 6.08. The quantitative estimate of drug-likeness (QED) is 0.170. The van der Waals surface area contributed by atoms with Gasteiger partial charge in [0.25, 0.3) is 17.7 Å². The largest absolute Gasteiger partial charge is 0.416 e. The summed E-state index contributed by atoms with van der Waals surface area (Å²) in [5.41, 5.74) is 3.11. The Kier molecular flexibility index (Phi) is 12.2. The van der Waals surface area contributed by atoms with Crippen molar-refractivity contribution >= 4 is 29.1 Å². The molecule has 3 heterocycles. The van der Waals surface area contributed by atoms with Gasteiger partial charge >= 0.3 is 6.18 Å². The molecule has 2 aliphatic rings. The normalized spacial score (nSPS) is 16.0. The summed E-state index contributed by atoms with van der Waals surface area (Å²) in [5, 5.41) is 5.72. The highest BCUT2D eigenvalue weighted by Crippen LogP contribution is 2.36. The lowest BCUT2D eigenvalue weighted by Gasteiger charge is -2.38. The number of alkyl halides is 3. The third-order valence-corrected chi connectivity index (χ3v) is 10.3. The number of piperidine rings is 1. The maximum absolute atomic E-state index is 13.8. The molecule has 0 spiro atoms. The molecule has 1 aromatic heterocycles. The van der Waals surface area contributed by atoms with Crippen LogP contribution in [0.5, 0.6) is 0 Å². The zero-order valence-electron chi connectivity index (χ0n) is 31.4. The first-order chi connectivity index (χ1) is 26.3. The second-order valence-corrected chi connectivity index (χ2v) is 14.9. The number of carbonyl (C=O) groups excluding carboxylic acids is 3. The zero-order valence-corrected chi connectivity index (χ0v) is 31.4. The van der Waals surface area contributed by atoms with Gasteiger partial charge < -0.3 is 25.2 Å². The van der Waals surface area contributed by atoms with E-state index in [9.17, 15) is 27.6 Å². The van der Waals surface area contributed by atoms with Gasteiger partial charge in [0.2, 0.25) is 0 Å². The lowest BCUT2D eigenvalue weighted by Crippen LogP contribution is -2.41. The Labute approximate surface area is 319 Å². The number of amides is 3. The van der Waals surface area contributed by atoms with Crippen molar-refractivity contribution in [2.45, 2.75) is 39.4 Å². The molecule has 3 aromatic carbocycles. The summed E-state index contributed by atoms with van der Waals surface area (Å²) in [7, 11) is 1.75. The number of likely N-dealkylation sites (N-methyl/N-ethyl adjacent to an activating group) is 1. The summed E-state index contributed by atoms with van der Waals surface area (Å²) < 4.78 is 45.1. The van der Waals surface area contributed by atoms with Crippen molar-refractivity contribution < 1.29 is 32.3 Å². The van der Waals surface area contributed by atoms with Crippen molar-refractivity contribution in [1.29, 1.82) is 0 Å². The summed E-state index contributed by atoms with van der Waals surface area (Å²) in [6.07, 6.45) is -0.983. The first-order valence-electron chi connectivity index (χ1n) is 18.5. The number of anilines is 2. The van der Waals surface area contributed by atoms with Gasteiger partial charge in [0.1, 0.15) is 0 Å². The molecule has 3 amide bonds. The average Bonchev–Trinajstić information content (AvgIpc) is 3.19. The van der Waals surface area contributed by atoms with Gasteiger partial charge in [-0.05, 0) is 84.5 Å². The number of hydrogen-bond donors (Lipinski definition) is 2. The zero-order chi connectivity index (χ0) is 39.2. The molecule has 0 bridgehead atoms. The number of carbonyl (C=O) groups is 3. The minimum absolute atomic E-state index is 0.103. The molecule has 0 aliphatic carbocycles. The molecule has 290 valence electrons. The van der Waals surface area contributed by atoms with Gasteiger partial charge in [-0.1, -0.05) is 32.0 Å². The summed E-state index contributed by atoms with van der Waals surface area (Å²) in [5.74, 6) is -1.10. The fraction of sp³-hybridized carbons (Fsp3) is 0.381. The summed E-state index contributed by atoms with van der Waals surface area (Å²) >= 11 is 0. The molecule has 55 heavy (non-hydrogen) atoms. The van der Waals surface area contributed by atoms with Crippen molar-refractivity contribution in [2.24, 2.45) is 5.41 Å². The smallest absolute Gasteiger partial charge is 0.379 e. The molecule has 10 nitrogen and oxygen atoms in total. The number of morpholine rings is 1. The molecule has 2 fully saturated rings. The number of hydrogen-bond acceptors (Lipinski definition) is 7. The van der Waals surface area contributed by atoms with E-state index in [2.05, 4.69) is 39.3 Å². The summed E-state index contributed by atoms with van der Waals surface area (Å²) in [6.45, 7) is 10.4. The number of halogens is 3. The molecule has 4 aromatic rings. The van der Waals surface area contributed by atoms with Crippen LogP contribution < -0.4 is 15.5 Å². The van der Waals surface area contributed by atoms with Crippen molar-refractivity contribution in [1.82, 2.24) is 20.1 Å². The molecule has 2 saturated heterocycles. The molecule has 6 rings (SSSR count). The molecule has 2 N–H and O–H groups in total. The molecule has 2 aliphatic heterocycles. The maximum atomic E-state index is 13.8. The minimum Gasteiger partial charge on any atom is -0.379 e. The number of ether oxygens (including phenoxy) is 1. The average molecular weight is 757 g/mol. The van der Waals surface area contributed by atoms with Gasteiger partial charge in [0, 0.05) is 87.0 Å². The Morgan fingerprint density at radius 3 is 2.31 bits per heavy atom. The van der Waals surface area contributed by atoms with Crippen LogP contribution >= 0.6 is 0 Å². The Hall–Kier alpha value is -5.27. The van der Waals surface area contributed by atoms with E-state index < -0.39 is 23.6 Å². The van der Waals surface area contributed by atoms with E-state index in [1.807, 2.05) is 18.2 Å². The van der Waals surface area contributed by atoms with Crippen molar-refractivity contribution in [3.63, 3.8) is 0 Å². The number of benzene rings is 3. The van der Waals surface area contributed by atoms with Crippen LogP contribution in [0.25, 0.3) is 11.3 Å². The number of nitrogens with zero attached hydrogens (tertiary/aromatic N) is 4. The number of nitrogens with one attached hydrogen (secondary N) is 2. The molecule has 13 heteroatoms. The second-order valence-electron chi connectivity index (χ2n) is 14.9. The first-order valence-corrected chi connectivity index (χ1v) is 18.5. The third kappa shape index (κ3) is 10.3.